The molecular formula is C40H62N4O6. The number of carbonyl (C=O) groups excluding carboxylic acids is 4. The Hall–Kier alpha value is -4.08. The molecule has 0 aromatic heterocycles. The number of hydrogen-bond donors (Lipinski definition) is 6. The molecule has 0 spiro atoms. The number of rotatable bonds is 25. The molecule has 2 rings (SSSR count). The van der Waals surface area contributed by atoms with Crippen LogP contribution in [0.15, 0.2) is 36.4 Å². The summed E-state index contributed by atoms with van der Waals surface area (Å²) in [5, 5.41) is 20.3. The Morgan fingerprint density at radius 2 is 0.800 bits per heavy atom. The number of aromatic hydroxyl groups is 2. The normalized spacial score (nSPS) is 10.8. The highest BCUT2D eigenvalue weighted by molar-refractivity contribution is 5.98. The van der Waals surface area contributed by atoms with Crippen molar-refractivity contribution in [3.8, 4) is 11.5 Å². The van der Waals surface area contributed by atoms with Crippen molar-refractivity contribution in [1.29, 1.82) is 0 Å². The number of carbonyl (C=O) groups is 4. The maximum absolute atomic E-state index is 12.5. The van der Waals surface area contributed by atoms with E-state index in [1.54, 1.807) is 12.1 Å². The van der Waals surface area contributed by atoms with E-state index < -0.39 is 11.8 Å². The summed E-state index contributed by atoms with van der Waals surface area (Å²) >= 11 is 0. The van der Waals surface area contributed by atoms with E-state index in [4.69, 9.17) is 0 Å². The molecule has 0 aliphatic heterocycles. The van der Waals surface area contributed by atoms with Crippen molar-refractivity contribution in [3.63, 3.8) is 0 Å². The minimum atomic E-state index is -0.532. The van der Waals surface area contributed by atoms with Crippen molar-refractivity contribution in [2.45, 2.75) is 155 Å². The summed E-state index contributed by atoms with van der Waals surface area (Å²) in [7, 11) is 0. The summed E-state index contributed by atoms with van der Waals surface area (Å²) in [5.74, 6) is -1.82. The first-order chi connectivity index (χ1) is 24.2. The molecule has 10 heteroatoms. The number of benzene rings is 2. The Labute approximate surface area is 299 Å². The number of nitrogens with one attached hydrogen (secondary N) is 4. The molecule has 0 aliphatic rings. The minimum absolute atomic E-state index is 0.110. The summed E-state index contributed by atoms with van der Waals surface area (Å²) in [6.45, 7) is 4.36. The van der Waals surface area contributed by atoms with Gasteiger partial charge < -0.3 is 10.2 Å². The van der Waals surface area contributed by atoms with Gasteiger partial charge in [0.05, 0.1) is 11.1 Å². The van der Waals surface area contributed by atoms with E-state index in [0.717, 1.165) is 88.2 Å². The lowest BCUT2D eigenvalue weighted by Gasteiger charge is -2.10. The third kappa shape index (κ3) is 18.1. The third-order valence-corrected chi connectivity index (χ3v) is 8.94. The fourth-order valence-corrected chi connectivity index (χ4v) is 5.85. The van der Waals surface area contributed by atoms with Crippen LogP contribution in [-0.4, -0.2) is 33.8 Å². The van der Waals surface area contributed by atoms with Crippen molar-refractivity contribution < 1.29 is 29.4 Å². The Morgan fingerprint density at radius 1 is 0.460 bits per heavy atom. The zero-order valence-electron chi connectivity index (χ0n) is 30.5. The van der Waals surface area contributed by atoms with Gasteiger partial charge in [-0.05, 0) is 73.9 Å². The summed E-state index contributed by atoms with van der Waals surface area (Å²) < 4.78 is 0. The standard InChI is InChI=1S/C40H62N4O6/c1-3-5-7-13-17-21-31-25-27-35(45)33(29-31)39(49)43-41-37(47)23-19-15-11-9-10-12-16-20-24-38(48)42-44-40(50)34-30-32(26-28-36(34)46)22-18-14-8-6-4-2/h25-30,45-46H,3-24H2,1-2H3,(H,41,47)(H,42,48)(H,43,49)(H,44,50). The molecule has 0 unspecified atom stereocenters. The van der Waals surface area contributed by atoms with Gasteiger partial charge >= 0.3 is 0 Å². The monoisotopic (exact) mass is 694 g/mol. The number of phenols is 2. The SMILES string of the molecule is CCCCCCCc1ccc(O)c(C(=O)NNC(=O)CCCCCCCCCCC(=O)NNC(=O)c2cc(CCCCCCC)ccc2O)c1. The quantitative estimate of drug-likeness (QED) is 0.0454. The van der Waals surface area contributed by atoms with Crippen LogP contribution in [0.1, 0.15) is 174 Å². The van der Waals surface area contributed by atoms with E-state index in [1.807, 2.05) is 12.1 Å². The maximum atomic E-state index is 12.5. The molecule has 0 radical (unpaired) electrons. The summed E-state index contributed by atoms with van der Waals surface area (Å²) in [6, 6.07) is 10.1. The molecule has 0 saturated heterocycles. The molecular weight excluding hydrogens is 632 g/mol. The second kappa shape index (κ2) is 25.8. The van der Waals surface area contributed by atoms with Crippen molar-refractivity contribution in [1.82, 2.24) is 21.7 Å². The van der Waals surface area contributed by atoms with Crippen LogP contribution in [0, 0.1) is 0 Å². The van der Waals surface area contributed by atoms with E-state index in [1.165, 1.54) is 50.7 Å². The van der Waals surface area contributed by atoms with Crippen LogP contribution in [0.2, 0.25) is 0 Å². The predicted octanol–water partition coefficient (Wildman–Crippen LogP) is 8.25. The molecule has 0 saturated carbocycles. The summed E-state index contributed by atoms with van der Waals surface area (Å²) in [5.41, 5.74) is 12.0. The Balaban J connectivity index is 1.50. The molecule has 0 atom stereocenters. The van der Waals surface area contributed by atoms with Crippen molar-refractivity contribution in [3.05, 3.63) is 58.7 Å². The maximum Gasteiger partial charge on any atom is 0.273 e. The van der Waals surface area contributed by atoms with Crippen molar-refractivity contribution in [2.75, 3.05) is 0 Å². The fourth-order valence-electron chi connectivity index (χ4n) is 5.85. The molecule has 6 N–H and O–H groups in total. The molecule has 2 aromatic rings. The van der Waals surface area contributed by atoms with Gasteiger partial charge in [-0.25, -0.2) is 0 Å². The van der Waals surface area contributed by atoms with Crippen LogP contribution >= 0.6 is 0 Å². The van der Waals surface area contributed by atoms with Crippen LogP contribution in [0.3, 0.4) is 0 Å². The highest BCUT2D eigenvalue weighted by atomic mass is 16.3. The van der Waals surface area contributed by atoms with Crippen LogP contribution in [0.4, 0.5) is 0 Å². The zero-order valence-corrected chi connectivity index (χ0v) is 30.5. The Morgan fingerprint density at radius 3 is 1.18 bits per heavy atom. The van der Waals surface area contributed by atoms with Crippen LogP contribution in [0.25, 0.3) is 0 Å². The Bertz CT molecular complexity index is 1220. The van der Waals surface area contributed by atoms with E-state index in [0.29, 0.717) is 25.7 Å². The summed E-state index contributed by atoms with van der Waals surface area (Å²) in [6.07, 6.45) is 21.2. The van der Waals surface area contributed by atoms with E-state index in [9.17, 15) is 29.4 Å². The van der Waals surface area contributed by atoms with E-state index >= 15 is 0 Å². The molecule has 4 amide bonds. The average Bonchev–Trinajstić information content (AvgIpc) is 3.11. The highest BCUT2D eigenvalue weighted by Gasteiger charge is 2.14. The van der Waals surface area contributed by atoms with E-state index in [2.05, 4.69) is 35.6 Å². The van der Waals surface area contributed by atoms with Gasteiger partial charge in [0, 0.05) is 12.8 Å². The minimum Gasteiger partial charge on any atom is -0.507 e. The number of phenolic OH excluding ortho intramolecular Hbond substituents is 2. The lowest BCUT2D eigenvalue weighted by molar-refractivity contribution is -0.122. The fraction of sp³-hybridized carbons (Fsp3) is 0.600. The Kier molecular flexibility index (Phi) is 21.7. The molecule has 10 nitrogen and oxygen atoms in total. The first-order valence-corrected chi connectivity index (χ1v) is 19.1. The highest BCUT2D eigenvalue weighted by Crippen LogP contribution is 2.21. The molecule has 0 bridgehead atoms. The molecule has 0 heterocycles. The second-order valence-corrected chi connectivity index (χ2v) is 13.4. The van der Waals surface area contributed by atoms with Gasteiger partial charge in [-0.15, -0.1) is 0 Å². The first-order valence-electron chi connectivity index (χ1n) is 19.1. The number of hydrazine groups is 2. The number of hydrogen-bond acceptors (Lipinski definition) is 6. The van der Waals surface area contributed by atoms with Gasteiger partial charge in [0.2, 0.25) is 11.8 Å². The molecule has 0 aliphatic carbocycles. The number of amides is 4. The van der Waals surface area contributed by atoms with E-state index in [-0.39, 0.29) is 34.4 Å². The van der Waals surface area contributed by atoms with Crippen LogP contribution < -0.4 is 21.7 Å². The van der Waals surface area contributed by atoms with Gasteiger partial charge in [0.25, 0.3) is 11.8 Å². The lowest BCUT2D eigenvalue weighted by Crippen LogP contribution is -2.41. The zero-order chi connectivity index (χ0) is 36.4. The van der Waals surface area contributed by atoms with Gasteiger partial charge in [0.1, 0.15) is 11.5 Å². The van der Waals surface area contributed by atoms with Crippen LogP contribution in [0.5, 0.6) is 11.5 Å². The topological polar surface area (TPSA) is 157 Å². The molecule has 278 valence electrons. The smallest absolute Gasteiger partial charge is 0.273 e. The number of unbranched alkanes of at least 4 members (excludes halogenated alkanes) is 15. The van der Waals surface area contributed by atoms with Gasteiger partial charge in [-0.3, -0.25) is 40.9 Å². The molecule has 2 aromatic carbocycles. The van der Waals surface area contributed by atoms with Crippen molar-refractivity contribution >= 4 is 23.6 Å². The third-order valence-electron chi connectivity index (χ3n) is 8.94. The van der Waals surface area contributed by atoms with Crippen LogP contribution in [-0.2, 0) is 22.4 Å². The largest absolute Gasteiger partial charge is 0.507 e. The van der Waals surface area contributed by atoms with Gasteiger partial charge in [0.15, 0.2) is 0 Å². The van der Waals surface area contributed by atoms with Crippen molar-refractivity contribution in [2.24, 2.45) is 0 Å². The number of aryl methyl sites for hydroxylation is 2. The van der Waals surface area contributed by atoms with Gasteiger partial charge in [-0.2, -0.15) is 0 Å². The first kappa shape index (κ1) is 42.1. The molecule has 0 fully saturated rings. The van der Waals surface area contributed by atoms with Gasteiger partial charge in [-0.1, -0.05) is 116 Å². The lowest BCUT2D eigenvalue weighted by atomic mass is 10.0. The molecule has 50 heavy (non-hydrogen) atoms. The predicted molar refractivity (Wildman–Crippen MR) is 199 cm³/mol. The summed E-state index contributed by atoms with van der Waals surface area (Å²) in [4.78, 5) is 49.5. The second-order valence-electron chi connectivity index (χ2n) is 13.4. The average molecular weight is 695 g/mol.